The summed E-state index contributed by atoms with van der Waals surface area (Å²) >= 11 is 0. The minimum absolute atomic E-state index is 0.198. The van der Waals surface area contributed by atoms with Crippen LogP contribution in [-0.4, -0.2) is 31.2 Å². The van der Waals surface area contributed by atoms with Gasteiger partial charge in [0.05, 0.1) is 11.5 Å². The molecule has 5 nitrogen and oxygen atoms in total. The van der Waals surface area contributed by atoms with Crippen LogP contribution in [0.25, 0.3) is 5.57 Å². The van der Waals surface area contributed by atoms with E-state index in [0.29, 0.717) is 18.6 Å². The van der Waals surface area contributed by atoms with E-state index < -0.39 is 0 Å². The molecule has 0 spiro atoms. The van der Waals surface area contributed by atoms with Crippen molar-refractivity contribution in [1.29, 1.82) is 0 Å². The average molecular weight is 360 g/mol. The first-order chi connectivity index (χ1) is 12.5. The summed E-state index contributed by atoms with van der Waals surface area (Å²) in [4.78, 5) is 13.9. The van der Waals surface area contributed by atoms with E-state index in [4.69, 9.17) is 4.74 Å². The number of anilines is 1. The highest BCUT2D eigenvalue weighted by Gasteiger charge is 2.28. The van der Waals surface area contributed by atoms with Crippen molar-refractivity contribution in [2.75, 3.05) is 25.2 Å². The lowest BCUT2D eigenvalue weighted by Crippen LogP contribution is -2.39. The Bertz CT molecular complexity index is 634. The van der Waals surface area contributed by atoms with E-state index in [1.807, 2.05) is 25.1 Å². The molecule has 0 radical (unpaired) electrons. The maximum atomic E-state index is 11.8. The number of nitro groups is 1. The van der Waals surface area contributed by atoms with Crippen LogP contribution in [0.3, 0.4) is 0 Å². The van der Waals surface area contributed by atoms with Crippen LogP contribution in [-0.2, 0) is 4.74 Å². The third-order valence-electron chi connectivity index (χ3n) is 5.08. The molecule has 1 aliphatic rings. The van der Waals surface area contributed by atoms with E-state index in [2.05, 4.69) is 18.7 Å². The van der Waals surface area contributed by atoms with Gasteiger partial charge in [0.1, 0.15) is 5.69 Å². The van der Waals surface area contributed by atoms with Gasteiger partial charge in [-0.2, -0.15) is 0 Å². The maximum absolute atomic E-state index is 11.8. The lowest BCUT2D eigenvalue weighted by atomic mass is 9.92. The normalized spacial score (nSPS) is 16.1. The second kappa shape index (κ2) is 9.72. The number of ether oxygens (including phenoxy) is 1. The third-order valence-corrected chi connectivity index (χ3v) is 5.08. The smallest absolute Gasteiger partial charge is 0.293 e. The van der Waals surface area contributed by atoms with Gasteiger partial charge in [-0.1, -0.05) is 45.3 Å². The fourth-order valence-electron chi connectivity index (χ4n) is 3.83. The Balaban J connectivity index is 2.44. The van der Waals surface area contributed by atoms with Gasteiger partial charge >= 0.3 is 0 Å². The number of benzene rings is 1. The van der Waals surface area contributed by atoms with Crippen LogP contribution < -0.4 is 4.90 Å². The molecule has 1 fully saturated rings. The molecule has 0 saturated heterocycles. The Morgan fingerprint density at radius 3 is 2.58 bits per heavy atom. The monoisotopic (exact) mass is 360 g/mol. The second-order valence-corrected chi connectivity index (χ2v) is 7.55. The molecule has 2 rings (SSSR count). The molecule has 26 heavy (non-hydrogen) atoms. The highest BCUT2D eigenvalue weighted by molar-refractivity contribution is 5.74. The molecule has 0 aromatic heterocycles. The number of allylic oxidation sites excluding steroid dienone is 1. The minimum Gasteiger partial charge on any atom is -0.380 e. The van der Waals surface area contributed by atoms with Gasteiger partial charge in [-0.05, 0) is 42.9 Å². The molecule has 0 aliphatic heterocycles. The Kier molecular flexibility index (Phi) is 7.64. The zero-order chi connectivity index (χ0) is 19.1. The Morgan fingerprint density at radius 2 is 2.04 bits per heavy atom. The number of hydrogen-bond donors (Lipinski definition) is 0. The highest BCUT2D eigenvalue weighted by Crippen LogP contribution is 2.36. The summed E-state index contributed by atoms with van der Waals surface area (Å²) in [6.45, 7) is 7.57. The van der Waals surface area contributed by atoms with Gasteiger partial charge < -0.3 is 9.64 Å². The van der Waals surface area contributed by atoms with Crippen molar-refractivity contribution in [3.8, 4) is 0 Å². The van der Waals surface area contributed by atoms with Gasteiger partial charge in [-0.15, -0.1) is 0 Å². The first kappa shape index (κ1) is 20.4. The SMILES string of the molecule is C/C=C(\COC)c1ccc(N(CC(C)C)C2CCCCC2)c([N+](=O)[O-])c1. The van der Waals surface area contributed by atoms with Crippen LogP contribution in [0, 0.1) is 16.0 Å². The summed E-state index contributed by atoms with van der Waals surface area (Å²) in [6, 6.07) is 6.03. The molecular formula is C21H32N2O3. The molecule has 1 aliphatic carbocycles. The Morgan fingerprint density at radius 1 is 1.35 bits per heavy atom. The second-order valence-electron chi connectivity index (χ2n) is 7.55. The summed E-state index contributed by atoms with van der Waals surface area (Å²) in [5, 5.41) is 11.8. The fourth-order valence-corrected chi connectivity index (χ4v) is 3.83. The lowest BCUT2D eigenvalue weighted by Gasteiger charge is -2.37. The van der Waals surface area contributed by atoms with E-state index in [1.165, 1.54) is 19.3 Å². The molecule has 1 aromatic rings. The van der Waals surface area contributed by atoms with Crippen molar-refractivity contribution in [3.05, 3.63) is 40.0 Å². The first-order valence-electron chi connectivity index (χ1n) is 9.67. The van der Waals surface area contributed by atoms with Crippen molar-refractivity contribution in [2.45, 2.75) is 58.9 Å². The predicted molar refractivity (Wildman–Crippen MR) is 108 cm³/mol. The van der Waals surface area contributed by atoms with Crippen molar-refractivity contribution >= 4 is 16.9 Å². The van der Waals surface area contributed by atoms with Crippen LogP contribution in [0.5, 0.6) is 0 Å². The van der Waals surface area contributed by atoms with Crippen molar-refractivity contribution < 1.29 is 9.66 Å². The number of nitro benzene ring substituents is 1. The van der Waals surface area contributed by atoms with E-state index in [9.17, 15) is 10.1 Å². The zero-order valence-corrected chi connectivity index (χ0v) is 16.5. The van der Waals surface area contributed by atoms with Gasteiger partial charge in [0.15, 0.2) is 0 Å². The van der Waals surface area contributed by atoms with E-state index in [0.717, 1.165) is 36.2 Å². The van der Waals surface area contributed by atoms with Crippen LogP contribution in [0.15, 0.2) is 24.3 Å². The highest BCUT2D eigenvalue weighted by atomic mass is 16.6. The molecule has 1 aromatic carbocycles. The summed E-state index contributed by atoms with van der Waals surface area (Å²) in [6.07, 6.45) is 7.89. The minimum atomic E-state index is -0.241. The first-order valence-corrected chi connectivity index (χ1v) is 9.67. The van der Waals surface area contributed by atoms with E-state index in [1.54, 1.807) is 13.2 Å². The summed E-state index contributed by atoms with van der Waals surface area (Å²) in [5.74, 6) is 0.454. The van der Waals surface area contributed by atoms with Crippen LogP contribution in [0.2, 0.25) is 0 Å². The number of rotatable bonds is 8. The molecule has 1 saturated carbocycles. The largest absolute Gasteiger partial charge is 0.380 e. The van der Waals surface area contributed by atoms with Crippen LogP contribution in [0.1, 0.15) is 58.4 Å². The molecule has 0 unspecified atom stereocenters. The molecule has 0 bridgehead atoms. The third kappa shape index (κ3) is 5.07. The summed E-state index contributed by atoms with van der Waals surface area (Å²) in [7, 11) is 1.64. The van der Waals surface area contributed by atoms with Gasteiger partial charge in [0.2, 0.25) is 0 Å². The molecule has 0 atom stereocenters. The lowest BCUT2D eigenvalue weighted by molar-refractivity contribution is -0.384. The number of methoxy groups -OCH3 is 1. The van der Waals surface area contributed by atoms with E-state index >= 15 is 0 Å². The molecular weight excluding hydrogens is 328 g/mol. The zero-order valence-electron chi connectivity index (χ0n) is 16.5. The van der Waals surface area contributed by atoms with Crippen molar-refractivity contribution in [1.82, 2.24) is 0 Å². The molecule has 0 amide bonds. The molecule has 0 heterocycles. The average Bonchev–Trinajstić information content (AvgIpc) is 2.64. The predicted octanol–water partition coefficient (Wildman–Crippen LogP) is 5.44. The van der Waals surface area contributed by atoms with Crippen LogP contribution >= 0.6 is 0 Å². The Hall–Kier alpha value is -1.88. The molecule has 144 valence electrons. The van der Waals surface area contributed by atoms with Crippen molar-refractivity contribution in [3.63, 3.8) is 0 Å². The van der Waals surface area contributed by atoms with Gasteiger partial charge in [-0.3, -0.25) is 10.1 Å². The van der Waals surface area contributed by atoms with Gasteiger partial charge in [-0.25, -0.2) is 0 Å². The van der Waals surface area contributed by atoms with Crippen LogP contribution in [0.4, 0.5) is 11.4 Å². The van der Waals surface area contributed by atoms with E-state index in [-0.39, 0.29) is 10.6 Å². The molecule has 5 heteroatoms. The maximum Gasteiger partial charge on any atom is 0.293 e. The standard InChI is InChI=1S/C21H32N2O3/c1-5-17(15-26-4)18-11-12-20(21(13-18)23(24)25)22(14-16(2)3)19-9-7-6-8-10-19/h5,11-13,16,19H,6-10,14-15H2,1-4H3/b17-5+. The quantitative estimate of drug-likeness (QED) is 0.457. The molecule has 0 N–H and O–H groups in total. The van der Waals surface area contributed by atoms with Crippen molar-refractivity contribution in [2.24, 2.45) is 5.92 Å². The number of nitrogens with zero attached hydrogens (tertiary/aromatic N) is 2. The summed E-state index contributed by atoms with van der Waals surface area (Å²) < 4.78 is 5.23. The topological polar surface area (TPSA) is 55.6 Å². The fraction of sp³-hybridized carbons (Fsp3) is 0.619. The van der Waals surface area contributed by atoms with Gasteiger partial charge in [0, 0.05) is 25.8 Å². The number of hydrogen-bond acceptors (Lipinski definition) is 4. The van der Waals surface area contributed by atoms with Gasteiger partial charge in [0.25, 0.3) is 5.69 Å². The summed E-state index contributed by atoms with van der Waals surface area (Å²) in [5.41, 5.74) is 2.78. The Labute approximate surface area is 157 Å².